The van der Waals surface area contributed by atoms with Crippen LogP contribution in [-0.4, -0.2) is 27.4 Å². The van der Waals surface area contributed by atoms with E-state index in [1.54, 1.807) is 11.4 Å². The van der Waals surface area contributed by atoms with Gasteiger partial charge in [0.1, 0.15) is 10.0 Å². The summed E-state index contributed by atoms with van der Waals surface area (Å²) >= 11 is 1.04. The lowest BCUT2D eigenvalue weighted by molar-refractivity contribution is -0.116. The molecule has 9 heteroatoms. The first-order valence-electron chi connectivity index (χ1n) is 8.30. The SMILES string of the molecule is O=C(CCC1CCNC1)Nc1ccc(F)c(NS(=O)(=O)c2cccs2)c1. The molecule has 0 bridgehead atoms. The number of carbonyl (C=O) groups is 1. The van der Waals surface area contributed by atoms with E-state index in [1.807, 2.05) is 0 Å². The molecule has 1 aromatic carbocycles. The highest BCUT2D eigenvalue weighted by molar-refractivity contribution is 7.94. The largest absolute Gasteiger partial charge is 0.326 e. The topological polar surface area (TPSA) is 87.3 Å². The highest BCUT2D eigenvalue weighted by atomic mass is 32.2. The van der Waals surface area contributed by atoms with Crippen molar-refractivity contribution < 1.29 is 17.6 Å². The number of thiophene rings is 1. The zero-order valence-electron chi connectivity index (χ0n) is 14.0. The minimum absolute atomic E-state index is 0.0940. The minimum atomic E-state index is -3.85. The van der Waals surface area contributed by atoms with E-state index in [2.05, 4.69) is 15.4 Å². The average Bonchev–Trinajstić information content (AvgIpc) is 3.29. The molecule has 0 spiro atoms. The van der Waals surface area contributed by atoms with Crippen molar-refractivity contribution in [3.63, 3.8) is 0 Å². The molecule has 1 aromatic heterocycles. The lowest BCUT2D eigenvalue weighted by Gasteiger charge is -2.11. The third-order valence-electron chi connectivity index (χ3n) is 4.20. The van der Waals surface area contributed by atoms with E-state index in [1.165, 1.54) is 18.2 Å². The fraction of sp³-hybridized carbons (Fsp3) is 0.353. The highest BCUT2D eigenvalue weighted by Gasteiger charge is 2.19. The van der Waals surface area contributed by atoms with Gasteiger partial charge in [0.2, 0.25) is 5.91 Å². The van der Waals surface area contributed by atoms with E-state index in [0.717, 1.165) is 43.3 Å². The lowest BCUT2D eigenvalue weighted by Crippen LogP contribution is -2.16. The number of sulfonamides is 1. The van der Waals surface area contributed by atoms with E-state index in [4.69, 9.17) is 0 Å². The molecular formula is C17H20FN3O3S2. The number of halogens is 1. The molecule has 140 valence electrons. The van der Waals surface area contributed by atoms with Crippen LogP contribution in [0.2, 0.25) is 0 Å². The molecule has 1 unspecified atom stereocenters. The molecule has 0 aliphatic carbocycles. The maximum Gasteiger partial charge on any atom is 0.271 e. The van der Waals surface area contributed by atoms with Crippen LogP contribution in [0.25, 0.3) is 0 Å². The summed E-state index contributed by atoms with van der Waals surface area (Å²) in [6, 6.07) is 6.87. The Labute approximate surface area is 155 Å². The number of rotatable bonds is 7. The molecule has 0 saturated carbocycles. The third kappa shape index (κ3) is 4.80. The molecule has 1 amide bonds. The number of nitrogens with one attached hydrogen (secondary N) is 3. The summed E-state index contributed by atoms with van der Waals surface area (Å²) < 4.78 is 40.8. The van der Waals surface area contributed by atoms with Gasteiger partial charge < -0.3 is 10.6 Å². The van der Waals surface area contributed by atoms with Crippen LogP contribution < -0.4 is 15.4 Å². The summed E-state index contributed by atoms with van der Waals surface area (Å²) in [5, 5.41) is 7.58. The number of hydrogen-bond donors (Lipinski definition) is 3. The standard InChI is InChI=1S/C17H20FN3O3S2/c18-14-5-4-13(20-16(22)6-3-12-7-8-19-11-12)10-15(14)21-26(23,24)17-2-1-9-25-17/h1-2,4-5,9-10,12,19,21H,3,6-8,11H2,(H,20,22). The van der Waals surface area contributed by atoms with Crippen LogP contribution in [0.1, 0.15) is 19.3 Å². The molecule has 2 aromatic rings. The second kappa shape index (κ2) is 8.15. The van der Waals surface area contributed by atoms with Gasteiger partial charge in [0.05, 0.1) is 5.69 Å². The Hall–Kier alpha value is -1.97. The number of benzene rings is 1. The number of hydrogen-bond acceptors (Lipinski definition) is 5. The van der Waals surface area contributed by atoms with E-state index in [0.29, 0.717) is 18.0 Å². The normalized spacial score (nSPS) is 17.2. The minimum Gasteiger partial charge on any atom is -0.326 e. The van der Waals surface area contributed by atoms with Crippen LogP contribution in [0.15, 0.2) is 39.9 Å². The highest BCUT2D eigenvalue weighted by Crippen LogP contribution is 2.25. The Balaban J connectivity index is 1.64. The Morgan fingerprint density at radius 1 is 1.35 bits per heavy atom. The molecule has 1 aliphatic rings. The molecule has 6 nitrogen and oxygen atoms in total. The average molecular weight is 397 g/mol. The van der Waals surface area contributed by atoms with Gasteiger partial charge in [-0.2, -0.15) is 0 Å². The van der Waals surface area contributed by atoms with Gasteiger partial charge in [-0.1, -0.05) is 6.07 Å². The fourth-order valence-electron chi connectivity index (χ4n) is 2.81. The van der Waals surface area contributed by atoms with Gasteiger partial charge in [-0.25, -0.2) is 12.8 Å². The molecule has 0 radical (unpaired) electrons. The third-order valence-corrected chi connectivity index (χ3v) is 6.96. The van der Waals surface area contributed by atoms with Crippen LogP contribution in [0, 0.1) is 11.7 Å². The first kappa shape index (κ1) is 18.8. The van der Waals surface area contributed by atoms with Crippen molar-refractivity contribution in [2.24, 2.45) is 5.92 Å². The van der Waals surface area contributed by atoms with Crippen LogP contribution in [0.5, 0.6) is 0 Å². The van der Waals surface area contributed by atoms with Gasteiger partial charge in [-0.3, -0.25) is 9.52 Å². The number of anilines is 2. The van der Waals surface area contributed by atoms with Crippen molar-refractivity contribution in [2.75, 3.05) is 23.1 Å². The fourth-order valence-corrected chi connectivity index (χ4v) is 4.86. The summed E-state index contributed by atoms with van der Waals surface area (Å²) in [7, 11) is -3.85. The van der Waals surface area contributed by atoms with E-state index >= 15 is 0 Å². The summed E-state index contributed by atoms with van der Waals surface area (Å²) in [6.07, 6.45) is 2.23. The first-order valence-corrected chi connectivity index (χ1v) is 10.7. The smallest absolute Gasteiger partial charge is 0.271 e. The van der Waals surface area contributed by atoms with Gasteiger partial charge in [0, 0.05) is 12.1 Å². The van der Waals surface area contributed by atoms with Gasteiger partial charge >= 0.3 is 0 Å². The van der Waals surface area contributed by atoms with Crippen LogP contribution in [-0.2, 0) is 14.8 Å². The number of amides is 1. The Morgan fingerprint density at radius 2 is 2.19 bits per heavy atom. The zero-order chi connectivity index (χ0) is 18.6. The van der Waals surface area contributed by atoms with Crippen molar-refractivity contribution in [3.8, 4) is 0 Å². The maximum atomic E-state index is 14.0. The maximum absolute atomic E-state index is 14.0. The molecule has 1 atom stereocenters. The van der Waals surface area contributed by atoms with E-state index in [9.17, 15) is 17.6 Å². The van der Waals surface area contributed by atoms with E-state index < -0.39 is 15.8 Å². The van der Waals surface area contributed by atoms with Crippen LogP contribution in [0.3, 0.4) is 0 Å². The molecule has 1 saturated heterocycles. The molecule has 1 fully saturated rings. The first-order chi connectivity index (χ1) is 12.4. The quantitative estimate of drug-likeness (QED) is 0.670. The van der Waals surface area contributed by atoms with Crippen LogP contribution >= 0.6 is 11.3 Å². The van der Waals surface area contributed by atoms with Crippen molar-refractivity contribution in [1.82, 2.24) is 5.32 Å². The van der Waals surface area contributed by atoms with Crippen molar-refractivity contribution in [1.29, 1.82) is 0 Å². The van der Waals surface area contributed by atoms with Gasteiger partial charge in [-0.05, 0) is 61.5 Å². The number of carbonyl (C=O) groups excluding carboxylic acids is 1. The molecule has 1 aliphatic heterocycles. The second-order valence-electron chi connectivity index (χ2n) is 6.18. The van der Waals surface area contributed by atoms with Crippen LogP contribution in [0.4, 0.5) is 15.8 Å². The Kier molecular flexibility index (Phi) is 5.90. The van der Waals surface area contributed by atoms with E-state index in [-0.39, 0.29) is 15.8 Å². The molecule has 3 rings (SSSR count). The predicted molar refractivity (Wildman–Crippen MR) is 100 cm³/mol. The van der Waals surface area contributed by atoms with Crippen molar-refractivity contribution in [3.05, 3.63) is 41.5 Å². The van der Waals surface area contributed by atoms with Crippen molar-refractivity contribution >= 4 is 38.6 Å². The molecule has 26 heavy (non-hydrogen) atoms. The molecular weight excluding hydrogens is 377 g/mol. The van der Waals surface area contributed by atoms with Crippen molar-refractivity contribution in [2.45, 2.75) is 23.5 Å². The Bertz CT molecular complexity index is 863. The summed E-state index contributed by atoms with van der Waals surface area (Å²) in [4.78, 5) is 12.1. The molecule has 3 N–H and O–H groups in total. The second-order valence-corrected chi connectivity index (χ2v) is 9.03. The zero-order valence-corrected chi connectivity index (χ0v) is 15.6. The summed E-state index contributed by atoms with van der Waals surface area (Å²) in [6.45, 7) is 1.91. The molecule has 2 heterocycles. The predicted octanol–water partition coefficient (Wildman–Crippen LogP) is 3.02. The summed E-state index contributed by atoms with van der Waals surface area (Å²) in [5.41, 5.74) is 0.154. The van der Waals surface area contributed by atoms with Gasteiger partial charge in [0.15, 0.2) is 0 Å². The van der Waals surface area contributed by atoms with Gasteiger partial charge in [-0.15, -0.1) is 11.3 Å². The summed E-state index contributed by atoms with van der Waals surface area (Å²) in [5.74, 6) is -0.377. The Morgan fingerprint density at radius 3 is 2.88 bits per heavy atom. The lowest BCUT2D eigenvalue weighted by atomic mass is 10.0. The van der Waals surface area contributed by atoms with Gasteiger partial charge in [0.25, 0.3) is 10.0 Å². The monoisotopic (exact) mass is 397 g/mol.